The van der Waals surface area contributed by atoms with Gasteiger partial charge in [0, 0.05) is 11.0 Å². The van der Waals surface area contributed by atoms with E-state index in [2.05, 4.69) is 12.1 Å². The van der Waals surface area contributed by atoms with E-state index in [9.17, 15) is 4.79 Å². The molecule has 148 valence electrons. The third-order valence-electron chi connectivity index (χ3n) is 5.32. The molecular weight excluding hydrogens is 355 g/mol. The summed E-state index contributed by atoms with van der Waals surface area (Å²) in [6.45, 7) is 11.1. The highest BCUT2D eigenvalue weighted by Crippen LogP contribution is 2.37. The van der Waals surface area contributed by atoms with Crippen LogP contribution in [-0.2, 0) is 15.9 Å². The molecule has 0 atom stereocenters. The molecule has 2 aromatic carbocycles. The van der Waals surface area contributed by atoms with E-state index in [0.717, 1.165) is 18.6 Å². The number of hydrogen-bond acceptors (Lipinski definition) is 5. The molecule has 5 nitrogen and oxygen atoms in total. The second kappa shape index (κ2) is 7.98. The Morgan fingerprint density at radius 2 is 1.75 bits per heavy atom. The van der Waals surface area contributed by atoms with Crippen molar-refractivity contribution in [3.8, 4) is 11.5 Å². The number of hydrogen-bond donors (Lipinski definition) is 0. The smallest absolute Gasteiger partial charge is 0.494 e. The maximum atomic E-state index is 11.3. The number of benzene rings is 2. The highest BCUT2D eigenvalue weighted by molar-refractivity contribution is 6.64. The Kier molecular flexibility index (Phi) is 5.82. The maximum absolute atomic E-state index is 11.3. The molecule has 0 radical (unpaired) electrons. The van der Waals surface area contributed by atoms with E-state index in [4.69, 9.17) is 18.8 Å². The fourth-order valence-corrected chi connectivity index (χ4v) is 3.05. The van der Waals surface area contributed by atoms with Crippen LogP contribution >= 0.6 is 0 Å². The molecule has 0 aromatic heterocycles. The second-order valence-electron chi connectivity index (χ2n) is 7.83. The minimum atomic E-state index is -0.594. The van der Waals surface area contributed by atoms with E-state index in [1.54, 1.807) is 12.1 Å². The predicted molar refractivity (Wildman–Crippen MR) is 109 cm³/mol. The van der Waals surface area contributed by atoms with E-state index < -0.39 is 18.3 Å². The Morgan fingerprint density at radius 1 is 1.07 bits per heavy atom. The van der Waals surface area contributed by atoms with Crippen molar-refractivity contribution in [3.05, 3.63) is 53.6 Å². The summed E-state index contributed by atoms with van der Waals surface area (Å²) in [5, 5.41) is 0. The molecule has 0 saturated carbocycles. The fraction of sp³-hybridized carbons (Fsp3) is 0.409. The molecule has 1 fully saturated rings. The SMILES string of the molecule is CCOc1cccc(C=O)c1B1OC(C)(C)C(C)(C)O1.c1cc2cc(c1)OC2. The topological polar surface area (TPSA) is 54.0 Å². The Labute approximate surface area is 167 Å². The van der Waals surface area contributed by atoms with Gasteiger partial charge in [0.05, 0.1) is 17.8 Å². The molecule has 0 amide bonds. The van der Waals surface area contributed by atoms with Gasteiger partial charge in [-0.1, -0.05) is 24.3 Å². The van der Waals surface area contributed by atoms with Gasteiger partial charge in [-0.2, -0.15) is 0 Å². The van der Waals surface area contributed by atoms with Crippen LogP contribution in [0.25, 0.3) is 0 Å². The van der Waals surface area contributed by atoms with Crippen molar-refractivity contribution < 1.29 is 23.6 Å². The molecule has 2 heterocycles. The van der Waals surface area contributed by atoms with Crippen LogP contribution in [0.15, 0.2) is 42.5 Å². The third kappa shape index (κ3) is 4.08. The minimum Gasteiger partial charge on any atom is -0.494 e. The van der Waals surface area contributed by atoms with Gasteiger partial charge in [-0.3, -0.25) is 4.79 Å². The highest BCUT2D eigenvalue weighted by Gasteiger charge is 2.53. The number of fused-ring (bicyclic) bond motifs is 2. The van der Waals surface area contributed by atoms with Crippen LogP contribution in [0.1, 0.15) is 50.5 Å². The van der Waals surface area contributed by atoms with Gasteiger partial charge in [-0.05, 0) is 58.4 Å². The van der Waals surface area contributed by atoms with E-state index in [1.165, 1.54) is 5.56 Å². The van der Waals surface area contributed by atoms with Gasteiger partial charge < -0.3 is 18.8 Å². The van der Waals surface area contributed by atoms with E-state index in [0.29, 0.717) is 23.4 Å². The van der Waals surface area contributed by atoms with E-state index in [-0.39, 0.29) is 0 Å². The lowest BCUT2D eigenvalue weighted by Crippen LogP contribution is -2.41. The predicted octanol–water partition coefficient (Wildman–Crippen LogP) is 3.78. The zero-order chi connectivity index (χ0) is 20.4. The van der Waals surface area contributed by atoms with Gasteiger partial charge in [-0.15, -0.1) is 0 Å². The van der Waals surface area contributed by atoms with Gasteiger partial charge >= 0.3 is 7.12 Å². The van der Waals surface area contributed by atoms with Crippen LogP contribution in [0, 0.1) is 0 Å². The zero-order valence-corrected chi connectivity index (χ0v) is 17.2. The largest absolute Gasteiger partial charge is 0.499 e. The van der Waals surface area contributed by atoms with Crippen LogP contribution in [0.2, 0.25) is 0 Å². The minimum absolute atomic E-state index is 0.447. The van der Waals surface area contributed by atoms with E-state index in [1.807, 2.05) is 52.8 Å². The summed E-state index contributed by atoms with van der Waals surface area (Å²) in [7, 11) is -0.594. The first kappa shape index (κ1) is 20.4. The first-order valence-corrected chi connectivity index (χ1v) is 9.55. The monoisotopic (exact) mass is 382 g/mol. The summed E-state index contributed by atoms with van der Waals surface area (Å²) in [5.41, 5.74) is 1.59. The number of aldehydes is 1. The van der Waals surface area contributed by atoms with Gasteiger partial charge in [0.2, 0.25) is 0 Å². The fourth-order valence-electron chi connectivity index (χ4n) is 3.05. The standard InChI is InChI=1S/C15H21BO4.C7H6O/c1-6-18-12-9-7-8-11(10-17)13(12)16-19-14(2,3)15(4,5)20-16;1-2-6-4-7(3-1)8-5-6/h7-10H,6H2,1-5H3;1-4H,5H2. The average molecular weight is 382 g/mol. The highest BCUT2D eigenvalue weighted by atomic mass is 16.7. The van der Waals surface area contributed by atoms with Crippen LogP contribution in [0.5, 0.6) is 11.5 Å². The normalized spacial score (nSPS) is 18.1. The van der Waals surface area contributed by atoms with E-state index >= 15 is 0 Å². The molecule has 2 aliphatic rings. The zero-order valence-electron chi connectivity index (χ0n) is 17.2. The summed E-state index contributed by atoms with van der Waals surface area (Å²) in [5.74, 6) is 1.64. The summed E-state index contributed by atoms with van der Waals surface area (Å²) in [6.07, 6.45) is 0.808. The summed E-state index contributed by atoms with van der Waals surface area (Å²) in [4.78, 5) is 11.3. The van der Waals surface area contributed by atoms with Crippen molar-refractivity contribution in [2.75, 3.05) is 6.61 Å². The number of ether oxygens (including phenoxy) is 2. The quantitative estimate of drug-likeness (QED) is 0.595. The first-order valence-electron chi connectivity index (χ1n) is 9.55. The summed E-state index contributed by atoms with van der Waals surface area (Å²) < 4.78 is 22.8. The first-order chi connectivity index (χ1) is 13.3. The van der Waals surface area contributed by atoms with Gasteiger partial charge in [0.25, 0.3) is 0 Å². The Hall–Kier alpha value is -2.31. The lowest BCUT2D eigenvalue weighted by atomic mass is 9.75. The lowest BCUT2D eigenvalue weighted by Gasteiger charge is -2.32. The molecule has 4 rings (SSSR count). The van der Waals surface area contributed by atoms with Crippen molar-refractivity contribution in [2.45, 2.75) is 52.4 Å². The third-order valence-corrected chi connectivity index (χ3v) is 5.32. The molecule has 0 unspecified atom stereocenters. The maximum Gasteiger partial charge on any atom is 0.499 e. The van der Waals surface area contributed by atoms with Crippen molar-refractivity contribution >= 4 is 18.9 Å². The number of carbonyl (C=O) groups is 1. The van der Waals surface area contributed by atoms with Crippen LogP contribution < -0.4 is 14.9 Å². The average Bonchev–Trinajstić information content (AvgIpc) is 3.09. The van der Waals surface area contributed by atoms with Gasteiger partial charge in [0.1, 0.15) is 24.4 Å². The molecular formula is C22H27BO5. The molecule has 0 aliphatic carbocycles. The Balaban J connectivity index is 0.000000231. The molecule has 0 spiro atoms. The van der Waals surface area contributed by atoms with Gasteiger partial charge in [0.15, 0.2) is 0 Å². The summed E-state index contributed by atoms with van der Waals surface area (Å²) in [6, 6.07) is 13.5. The molecule has 2 aromatic rings. The van der Waals surface area contributed by atoms with Crippen LogP contribution in [-0.4, -0.2) is 31.2 Å². The van der Waals surface area contributed by atoms with Crippen LogP contribution in [0.4, 0.5) is 0 Å². The Morgan fingerprint density at radius 3 is 2.32 bits per heavy atom. The van der Waals surface area contributed by atoms with Crippen molar-refractivity contribution in [2.24, 2.45) is 0 Å². The number of carbonyl (C=O) groups excluding carboxylic acids is 1. The molecule has 2 bridgehead atoms. The van der Waals surface area contributed by atoms with Gasteiger partial charge in [-0.25, -0.2) is 0 Å². The Bertz CT molecular complexity index is 811. The summed E-state index contributed by atoms with van der Waals surface area (Å²) >= 11 is 0. The number of rotatable bonds is 4. The lowest BCUT2D eigenvalue weighted by molar-refractivity contribution is 0.00578. The van der Waals surface area contributed by atoms with Crippen LogP contribution in [0.3, 0.4) is 0 Å². The second-order valence-corrected chi connectivity index (χ2v) is 7.83. The molecule has 0 N–H and O–H groups in total. The molecule has 28 heavy (non-hydrogen) atoms. The molecule has 1 saturated heterocycles. The van der Waals surface area contributed by atoms with Crippen molar-refractivity contribution in [1.29, 1.82) is 0 Å². The molecule has 6 heteroatoms. The van der Waals surface area contributed by atoms with Crippen molar-refractivity contribution in [3.63, 3.8) is 0 Å². The van der Waals surface area contributed by atoms with Crippen molar-refractivity contribution in [1.82, 2.24) is 0 Å². The molecule has 2 aliphatic heterocycles.